The molecule has 0 radical (unpaired) electrons. The lowest BCUT2D eigenvalue weighted by Crippen LogP contribution is -2.49. The van der Waals surface area contributed by atoms with Gasteiger partial charge in [0, 0.05) is 18.5 Å². The molecule has 3 atom stereocenters. The summed E-state index contributed by atoms with van der Waals surface area (Å²) in [6.45, 7) is 1.40. The van der Waals surface area contributed by atoms with Gasteiger partial charge in [-0.25, -0.2) is 4.79 Å². The van der Waals surface area contributed by atoms with E-state index in [0.29, 0.717) is 24.4 Å². The summed E-state index contributed by atoms with van der Waals surface area (Å²) in [5, 5.41) is 8.66. The summed E-state index contributed by atoms with van der Waals surface area (Å²) < 4.78 is 0. The zero-order chi connectivity index (χ0) is 16.6. The van der Waals surface area contributed by atoms with Crippen LogP contribution >= 0.6 is 0 Å². The molecule has 0 bridgehead atoms. The molecule has 5 heteroatoms. The molecule has 1 heterocycles. The fraction of sp³-hybridized carbons (Fsp3) is 0.579. The maximum absolute atomic E-state index is 12.1. The summed E-state index contributed by atoms with van der Waals surface area (Å²) in [4.78, 5) is 24.0. The van der Waals surface area contributed by atoms with Gasteiger partial charge in [0.25, 0.3) is 0 Å². The van der Waals surface area contributed by atoms with E-state index in [9.17, 15) is 9.59 Å². The standard InChI is InChI=1S/C19H25N3O2/c23-17-16(7-3-4-10-20-17)22-18(24)21-12-14-11-19(14)9-8-13-5-1-2-6-15(13)19/h1-2,5-6,14,16H,3-4,7-12H2,(H,20,23)(H2,21,22,24)/t14-,16+,19-/m0/s1. The second-order valence-corrected chi connectivity index (χ2v) is 7.41. The molecule has 3 amide bonds. The van der Waals surface area contributed by atoms with Gasteiger partial charge in [-0.1, -0.05) is 24.3 Å². The predicted molar refractivity (Wildman–Crippen MR) is 91.7 cm³/mol. The number of fused-ring (bicyclic) bond motifs is 2. The fourth-order valence-electron chi connectivity index (χ4n) is 4.50. The monoisotopic (exact) mass is 327 g/mol. The first-order valence-electron chi connectivity index (χ1n) is 9.09. The van der Waals surface area contributed by atoms with Crippen molar-refractivity contribution < 1.29 is 9.59 Å². The highest BCUT2D eigenvalue weighted by Crippen LogP contribution is 2.61. The minimum Gasteiger partial charge on any atom is -0.354 e. The van der Waals surface area contributed by atoms with Crippen LogP contribution in [0.4, 0.5) is 4.79 Å². The van der Waals surface area contributed by atoms with Crippen molar-refractivity contribution in [3.8, 4) is 0 Å². The molecule has 1 spiro atoms. The van der Waals surface area contributed by atoms with Crippen molar-refractivity contribution >= 4 is 11.9 Å². The summed E-state index contributed by atoms with van der Waals surface area (Å²) in [5.74, 6) is 0.463. The molecule has 5 nitrogen and oxygen atoms in total. The van der Waals surface area contributed by atoms with Gasteiger partial charge >= 0.3 is 6.03 Å². The molecule has 24 heavy (non-hydrogen) atoms. The number of hydrogen-bond donors (Lipinski definition) is 3. The predicted octanol–water partition coefficient (Wildman–Crippen LogP) is 1.86. The second-order valence-electron chi connectivity index (χ2n) is 7.41. The van der Waals surface area contributed by atoms with Crippen molar-refractivity contribution in [3.63, 3.8) is 0 Å². The Morgan fingerprint density at radius 1 is 1.29 bits per heavy atom. The Balaban J connectivity index is 1.29. The highest BCUT2D eigenvalue weighted by Gasteiger charge is 2.57. The van der Waals surface area contributed by atoms with Crippen LogP contribution < -0.4 is 16.0 Å². The summed E-state index contributed by atoms with van der Waals surface area (Å²) in [7, 11) is 0. The van der Waals surface area contributed by atoms with Crippen LogP contribution in [-0.4, -0.2) is 31.1 Å². The Labute approximate surface area is 142 Å². The topological polar surface area (TPSA) is 70.2 Å². The first-order chi connectivity index (χ1) is 11.7. The highest BCUT2D eigenvalue weighted by molar-refractivity contribution is 5.87. The molecular formula is C19H25N3O2. The van der Waals surface area contributed by atoms with Crippen LogP contribution in [0.15, 0.2) is 24.3 Å². The maximum Gasteiger partial charge on any atom is 0.315 e. The van der Waals surface area contributed by atoms with Crippen molar-refractivity contribution in [2.45, 2.75) is 50.0 Å². The van der Waals surface area contributed by atoms with Crippen molar-refractivity contribution in [1.29, 1.82) is 0 Å². The van der Waals surface area contributed by atoms with Gasteiger partial charge in [0.2, 0.25) is 5.91 Å². The minimum atomic E-state index is -0.395. The van der Waals surface area contributed by atoms with Gasteiger partial charge in [-0.15, -0.1) is 0 Å². The summed E-state index contributed by atoms with van der Waals surface area (Å²) in [6, 6.07) is 8.09. The number of benzene rings is 1. The van der Waals surface area contributed by atoms with Gasteiger partial charge in [-0.3, -0.25) is 4.79 Å². The molecule has 1 saturated carbocycles. The minimum absolute atomic E-state index is 0.0599. The van der Waals surface area contributed by atoms with E-state index in [1.54, 1.807) is 0 Å². The van der Waals surface area contributed by atoms with Crippen LogP contribution in [0.25, 0.3) is 0 Å². The van der Waals surface area contributed by atoms with Gasteiger partial charge in [-0.2, -0.15) is 0 Å². The van der Waals surface area contributed by atoms with Gasteiger partial charge in [0.15, 0.2) is 0 Å². The van der Waals surface area contributed by atoms with Gasteiger partial charge in [-0.05, 0) is 55.6 Å². The zero-order valence-electron chi connectivity index (χ0n) is 13.9. The van der Waals surface area contributed by atoms with E-state index in [2.05, 4.69) is 40.2 Å². The van der Waals surface area contributed by atoms with Crippen LogP contribution in [0.3, 0.4) is 0 Å². The average molecular weight is 327 g/mol. The Morgan fingerprint density at radius 2 is 2.17 bits per heavy atom. The average Bonchev–Trinajstić information content (AvgIpc) is 3.23. The molecule has 4 rings (SSSR count). The van der Waals surface area contributed by atoms with Crippen molar-refractivity contribution in [3.05, 3.63) is 35.4 Å². The number of rotatable bonds is 3. The third kappa shape index (κ3) is 2.76. The summed E-state index contributed by atoms with van der Waals surface area (Å²) in [5.41, 5.74) is 3.25. The molecule has 1 aliphatic heterocycles. The summed E-state index contributed by atoms with van der Waals surface area (Å²) >= 11 is 0. The molecule has 0 aromatic heterocycles. The van der Waals surface area contributed by atoms with Crippen molar-refractivity contribution in [2.75, 3.05) is 13.1 Å². The molecule has 128 valence electrons. The Bertz CT molecular complexity index is 660. The lowest BCUT2D eigenvalue weighted by atomic mass is 9.95. The smallest absolute Gasteiger partial charge is 0.315 e. The van der Waals surface area contributed by atoms with E-state index < -0.39 is 6.04 Å². The molecule has 1 aromatic rings. The molecule has 2 fully saturated rings. The quantitative estimate of drug-likeness (QED) is 0.793. The van der Waals surface area contributed by atoms with E-state index >= 15 is 0 Å². The van der Waals surface area contributed by atoms with Crippen LogP contribution in [0.5, 0.6) is 0 Å². The number of nitrogens with one attached hydrogen (secondary N) is 3. The molecule has 3 aliphatic rings. The van der Waals surface area contributed by atoms with Crippen LogP contribution in [-0.2, 0) is 16.6 Å². The first-order valence-corrected chi connectivity index (χ1v) is 9.09. The largest absolute Gasteiger partial charge is 0.354 e. The van der Waals surface area contributed by atoms with Crippen molar-refractivity contribution in [1.82, 2.24) is 16.0 Å². The summed E-state index contributed by atoms with van der Waals surface area (Å²) in [6.07, 6.45) is 6.18. The number of urea groups is 1. The molecule has 2 aliphatic carbocycles. The van der Waals surface area contributed by atoms with E-state index in [1.807, 2.05) is 0 Å². The van der Waals surface area contributed by atoms with E-state index in [1.165, 1.54) is 17.5 Å². The fourth-order valence-corrected chi connectivity index (χ4v) is 4.50. The Kier molecular flexibility index (Phi) is 3.94. The van der Waals surface area contributed by atoms with Gasteiger partial charge in [0.05, 0.1) is 0 Å². The number of carbonyl (C=O) groups excluding carboxylic acids is 2. The number of carbonyl (C=O) groups is 2. The number of hydrogen-bond acceptors (Lipinski definition) is 2. The second kappa shape index (κ2) is 6.11. The lowest BCUT2D eigenvalue weighted by molar-refractivity contribution is -0.122. The van der Waals surface area contributed by atoms with E-state index in [0.717, 1.165) is 32.1 Å². The molecular weight excluding hydrogens is 302 g/mol. The van der Waals surface area contributed by atoms with Gasteiger partial charge < -0.3 is 16.0 Å². The molecule has 3 N–H and O–H groups in total. The number of aryl methyl sites for hydroxylation is 1. The zero-order valence-corrected chi connectivity index (χ0v) is 13.9. The van der Waals surface area contributed by atoms with E-state index in [4.69, 9.17) is 0 Å². The normalized spacial score (nSPS) is 31.1. The third-order valence-corrected chi connectivity index (χ3v) is 5.98. The van der Waals surface area contributed by atoms with Crippen LogP contribution in [0, 0.1) is 5.92 Å². The molecule has 0 unspecified atom stereocenters. The van der Waals surface area contributed by atoms with E-state index in [-0.39, 0.29) is 11.9 Å². The van der Waals surface area contributed by atoms with Crippen molar-refractivity contribution in [2.24, 2.45) is 5.92 Å². The third-order valence-electron chi connectivity index (χ3n) is 5.98. The number of amides is 3. The molecule has 1 aromatic carbocycles. The lowest BCUT2D eigenvalue weighted by Gasteiger charge is -2.16. The van der Waals surface area contributed by atoms with Crippen LogP contribution in [0.2, 0.25) is 0 Å². The Hall–Kier alpha value is -2.04. The first kappa shape index (κ1) is 15.5. The molecule has 1 saturated heterocycles. The Morgan fingerprint density at radius 3 is 3.08 bits per heavy atom. The van der Waals surface area contributed by atoms with Crippen LogP contribution in [0.1, 0.15) is 43.2 Å². The van der Waals surface area contributed by atoms with Gasteiger partial charge in [0.1, 0.15) is 6.04 Å². The maximum atomic E-state index is 12.1. The SMILES string of the molecule is O=C(NC[C@@H]1C[C@@]12CCc1ccccc12)N[C@@H]1CCCCNC1=O. The highest BCUT2D eigenvalue weighted by atomic mass is 16.2.